The number of nitrogens with zero attached hydrogens (tertiary/aromatic N) is 1. The molecular formula is C7H5F5N2O2. The largest absolute Gasteiger partial charge is 0.478 e. The Morgan fingerprint density at radius 3 is 2.38 bits per heavy atom. The minimum Gasteiger partial charge on any atom is -0.478 e. The molecule has 1 heterocycles. The molecule has 2 N–H and O–H groups in total. The van der Waals surface area contributed by atoms with Crippen molar-refractivity contribution in [1.82, 2.24) is 10.2 Å². The van der Waals surface area contributed by atoms with E-state index >= 15 is 0 Å². The van der Waals surface area contributed by atoms with Crippen LogP contribution in [0.1, 0.15) is 16.1 Å². The van der Waals surface area contributed by atoms with Crippen LogP contribution in [-0.2, 0) is 6.42 Å². The number of carboxylic acid groups (broad SMARTS) is 1. The molecule has 9 heteroatoms. The molecule has 0 fully saturated rings. The second-order valence-electron chi connectivity index (χ2n) is 2.95. The van der Waals surface area contributed by atoms with Gasteiger partial charge in [0.15, 0.2) is 0 Å². The fourth-order valence-corrected chi connectivity index (χ4v) is 0.954. The number of hydrogen-bond acceptors (Lipinski definition) is 2. The number of aromatic amines is 1. The van der Waals surface area contributed by atoms with E-state index in [9.17, 15) is 26.7 Å². The van der Waals surface area contributed by atoms with E-state index in [0.29, 0.717) is 6.20 Å². The summed E-state index contributed by atoms with van der Waals surface area (Å²) in [5.74, 6) is -6.62. The summed E-state index contributed by atoms with van der Waals surface area (Å²) in [6.07, 6.45) is -6.84. The summed E-state index contributed by atoms with van der Waals surface area (Å²) in [6.45, 7) is 0. The van der Waals surface area contributed by atoms with E-state index in [1.54, 1.807) is 5.10 Å². The van der Waals surface area contributed by atoms with Crippen LogP contribution in [0.5, 0.6) is 0 Å². The number of nitrogens with one attached hydrogen (secondary N) is 1. The Balaban J connectivity index is 2.97. The highest BCUT2D eigenvalue weighted by molar-refractivity contribution is 5.88. The summed E-state index contributed by atoms with van der Waals surface area (Å²) in [4.78, 5) is 10.4. The molecule has 0 aliphatic heterocycles. The van der Waals surface area contributed by atoms with Crippen molar-refractivity contribution in [1.29, 1.82) is 0 Å². The molecule has 1 aromatic heterocycles. The summed E-state index contributed by atoms with van der Waals surface area (Å²) < 4.78 is 60.6. The van der Waals surface area contributed by atoms with E-state index < -0.39 is 35.7 Å². The lowest BCUT2D eigenvalue weighted by Gasteiger charge is -2.18. The van der Waals surface area contributed by atoms with E-state index in [1.807, 2.05) is 0 Å². The first-order valence-corrected chi connectivity index (χ1v) is 3.85. The van der Waals surface area contributed by atoms with Gasteiger partial charge >= 0.3 is 18.1 Å². The fraction of sp³-hybridized carbons (Fsp3) is 0.429. The van der Waals surface area contributed by atoms with E-state index in [-0.39, 0.29) is 0 Å². The maximum Gasteiger partial charge on any atom is 0.453 e. The zero-order chi connectivity index (χ0) is 12.6. The molecule has 0 aliphatic carbocycles. The van der Waals surface area contributed by atoms with Gasteiger partial charge in [-0.1, -0.05) is 0 Å². The predicted molar refractivity (Wildman–Crippen MR) is 40.3 cm³/mol. The Bertz CT molecular complexity index is 398. The van der Waals surface area contributed by atoms with Crippen molar-refractivity contribution in [2.45, 2.75) is 18.5 Å². The van der Waals surface area contributed by atoms with Crippen molar-refractivity contribution < 1.29 is 31.9 Å². The van der Waals surface area contributed by atoms with Crippen molar-refractivity contribution in [3.63, 3.8) is 0 Å². The number of hydrogen-bond donors (Lipinski definition) is 2. The molecule has 0 spiro atoms. The highest BCUT2D eigenvalue weighted by Gasteiger charge is 2.57. The highest BCUT2D eigenvalue weighted by Crippen LogP contribution is 2.38. The van der Waals surface area contributed by atoms with E-state index in [4.69, 9.17) is 5.11 Å². The lowest BCUT2D eigenvalue weighted by molar-refractivity contribution is -0.281. The van der Waals surface area contributed by atoms with Crippen molar-refractivity contribution in [3.8, 4) is 0 Å². The molecule has 0 radical (unpaired) electrons. The number of aromatic nitrogens is 2. The number of halogens is 5. The highest BCUT2D eigenvalue weighted by atomic mass is 19.4. The summed E-state index contributed by atoms with van der Waals surface area (Å²) in [6, 6.07) is 0. The standard InChI is InChI=1S/C7H5F5N2O2/c8-6(9,7(10,11)12)1-4-3(5(15)16)2-13-14-4/h2H,1H2,(H,13,14)(H,15,16). The third kappa shape index (κ3) is 2.28. The van der Waals surface area contributed by atoms with Gasteiger partial charge in [-0.2, -0.15) is 27.1 Å². The zero-order valence-corrected chi connectivity index (χ0v) is 7.48. The monoisotopic (exact) mass is 244 g/mol. The number of rotatable bonds is 3. The quantitative estimate of drug-likeness (QED) is 0.797. The summed E-state index contributed by atoms with van der Waals surface area (Å²) >= 11 is 0. The zero-order valence-electron chi connectivity index (χ0n) is 7.48. The first-order valence-electron chi connectivity index (χ1n) is 3.85. The summed E-state index contributed by atoms with van der Waals surface area (Å²) in [5.41, 5.74) is -1.47. The van der Waals surface area contributed by atoms with Gasteiger partial charge in [-0.25, -0.2) is 4.79 Å². The molecule has 1 rings (SSSR count). The fourth-order valence-electron chi connectivity index (χ4n) is 0.954. The Hall–Kier alpha value is -1.67. The molecule has 0 aliphatic rings. The first-order chi connectivity index (χ1) is 7.15. The predicted octanol–water partition coefficient (Wildman–Crippen LogP) is 1.85. The number of carboxylic acids is 1. The third-order valence-electron chi connectivity index (χ3n) is 1.76. The molecule has 0 saturated carbocycles. The van der Waals surface area contributed by atoms with Crippen molar-refractivity contribution in [2.75, 3.05) is 0 Å². The molecule has 16 heavy (non-hydrogen) atoms. The molecule has 0 atom stereocenters. The van der Waals surface area contributed by atoms with E-state index in [0.717, 1.165) is 0 Å². The summed E-state index contributed by atoms with van der Waals surface area (Å²) in [7, 11) is 0. The molecular weight excluding hydrogens is 239 g/mol. The summed E-state index contributed by atoms with van der Waals surface area (Å²) in [5, 5.41) is 13.4. The lowest BCUT2D eigenvalue weighted by Crippen LogP contribution is -2.38. The van der Waals surface area contributed by atoms with Gasteiger partial charge in [0.25, 0.3) is 0 Å². The topological polar surface area (TPSA) is 66.0 Å². The maximum atomic E-state index is 12.6. The van der Waals surface area contributed by atoms with Crippen LogP contribution in [-0.4, -0.2) is 33.4 Å². The molecule has 4 nitrogen and oxygen atoms in total. The van der Waals surface area contributed by atoms with Gasteiger partial charge in [-0.05, 0) is 0 Å². The maximum absolute atomic E-state index is 12.6. The minimum absolute atomic E-state index is 0.671. The van der Waals surface area contributed by atoms with Crippen molar-refractivity contribution in [2.24, 2.45) is 0 Å². The van der Waals surface area contributed by atoms with Gasteiger partial charge in [-0.3, -0.25) is 5.10 Å². The molecule has 90 valence electrons. The molecule has 0 amide bonds. The van der Waals surface area contributed by atoms with Crippen molar-refractivity contribution >= 4 is 5.97 Å². The number of aromatic carboxylic acids is 1. The second-order valence-corrected chi connectivity index (χ2v) is 2.95. The first kappa shape index (κ1) is 12.4. The van der Waals surface area contributed by atoms with Crippen LogP contribution < -0.4 is 0 Å². The third-order valence-corrected chi connectivity index (χ3v) is 1.76. The van der Waals surface area contributed by atoms with Gasteiger partial charge < -0.3 is 5.11 Å². The number of carbonyl (C=O) groups is 1. The van der Waals surface area contributed by atoms with Gasteiger partial charge in [0.1, 0.15) is 5.56 Å². The lowest BCUT2D eigenvalue weighted by atomic mass is 10.1. The molecule has 0 unspecified atom stereocenters. The van der Waals surface area contributed by atoms with Crippen LogP contribution in [0.15, 0.2) is 6.20 Å². The second kappa shape index (κ2) is 3.72. The van der Waals surface area contributed by atoms with Crippen LogP contribution in [0.4, 0.5) is 22.0 Å². The van der Waals surface area contributed by atoms with Gasteiger partial charge in [-0.15, -0.1) is 0 Å². The van der Waals surface area contributed by atoms with Crippen LogP contribution >= 0.6 is 0 Å². The van der Waals surface area contributed by atoms with Crippen LogP contribution in [0.25, 0.3) is 0 Å². The van der Waals surface area contributed by atoms with E-state index in [2.05, 4.69) is 5.10 Å². The minimum atomic E-state index is -5.73. The smallest absolute Gasteiger partial charge is 0.453 e. The van der Waals surface area contributed by atoms with Crippen LogP contribution in [0.3, 0.4) is 0 Å². The molecule has 1 aromatic rings. The molecule has 0 aromatic carbocycles. The Morgan fingerprint density at radius 2 is 1.94 bits per heavy atom. The van der Waals surface area contributed by atoms with Gasteiger partial charge in [0.05, 0.1) is 18.3 Å². The van der Waals surface area contributed by atoms with Crippen molar-refractivity contribution in [3.05, 3.63) is 17.5 Å². The average Bonchev–Trinajstić information content (AvgIpc) is 2.49. The number of alkyl halides is 5. The Morgan fingerprint density at radius 1 is 1.38 bits per heavy atom. The number of H-pyrrole nitrogens is 1. The average molecular weight is 244 g/mol. The van der Waals surface area contributed by atoms with Crippen LogP contribution in [0.2, 0.25) is 0 Å². The normalized spacial score (nSPS) is 12.8. The molecule has 0 bridgehead atoms. The SMILES string of the molecule is O=C(O)c1cn[nH]c1CC(F)(F)C(F)(F)F. The van der Waals surface area contributed by atoms with Gasteiger partial charge in [0, 0.05) is 0 Å². The van der Waals surface area contributed by atoms with E-state index in [1.165, 1.54) is 0 Å². The Kier molecular flexibility index (Phi) is 2.89. The van der Waals surface area contributed by atoms with Crippen LogP contribution in [0, 0.1) is 0 Å². The van der Waals surface area contributed by atoms with Gasteiger partial charge in [0.2, 0.25) is 0 Å². The Labute approximate surface area is 85.1 Å². The molecule has 0 saturated heterocycles.